The van der Waals surface area contributed by atoms with E-state index in [2.05, 4.69) is 29.6 Å². The van der Waals surface area contributed by atoms with Gasteiger partial charge in [0.1, 0.15) is 0 Å². The van der Waals surface area contributed by atoms with Crippen LogP contribution in [-0.2, 0) is 11.3 Å². The van der Waals surface area contributed by atoms with Gasteiger partial charge in [-0.25, -0.2) is 0 Å². The van der Waals surface area contributed by atoms with Crippen LogP contribution in [0.15, 0.2) is 36.7 Å². The van der Waals surface area contributed by atoms with E-state index in [9.17, 15) is 4.79 Å². The fourth-order valence-electron chi connectivity index (χ4n) is 2.39. The van der Waals surface area contributed by atoms with Gasteiger partial charge in [0, 0.05) is 36.8 Å². The van der Waals surface area contributed by atoms with Gasteiger partial charge in [0.15, 0.2) is 0 Å². The molecule has 0 saturated heterocycles. The number of benzene rings is 1. The van der Waals surface area contributed by atoms with E-state index in [-0.39, 0.29) is 18.0 Å². The number of aromatic nitrogens is 2. The van der Waals surface area contributed by atoms with Crippen LogP contribution in [0.5, 0.6) is 0 Å². The fraction of sp³-hybridized carbons (Fsp3) is 0.444. The molecule has 0 saturated carbocycles. The van der Waals surface area contributed by atoms with Crippen LogP contribution in [0.4, 0.5) is 0 Å². The number of amides is 1. The van der Waals surface area contributed by atoms with Crippen molar-refractivity contribution in [3.63, 3.8) is 0 Å². The maximum absolute atomic E-state index is 11.9. The SMILES string of the molecule is Cc1cnn([C@H](C)[C@@H](C)NCCC(=O)NCc2ccccc2Cl)c1. The van der Waals surface area contributed by atoms with Crippen molar-refractivity contribution >= 4 is 17.5 Å². The largest absolute Gasteiger partial charge is 0.352 e. The Kier molecular flexibility index (Phi) is 6.82. The molecule has 0 aliphatic carbocycles. The molecule has 0 radical (unpaired) electrons. The number of carbonyl (C=O) groups is 1. The van der Waals surface area contributed by atoms with Gasteiger partial charge in [-0.05, 0) is 38.0 Å². The highest BCUT2D eigenvalue weighted by molar-refractivity contribution is 6.31. The maximum atomic E-state index is 11.9. The highest BCUT2D eigenvalue weighted by Gasteiger charge is 2.14. The van der Waals surface area contributed by atoms with Gasteiger partial charge in [0.25, 0.3) is 0 Å². The summed E-state index contributed by atoms with van der Waals surface area (Å²) in [5, 5.41) is 11.3. The number of rotatable bonds is 8. The summed E-state index contributed by atoms with van der Waals surface area (Å²) in [6.07, 6.45) is 4.31. The zero-order chi connectivity index (χ0) is 17.5. The molecule has 24 heavy (non-hydrogen) atoms. The first-order valence-corrected chi connectivity index (χ1v) is 8.59. The second-order valence-electron chi connectivity index (χ2n) is 6.10. The van der Waals surface area contributed by atoms with Gasteiger partial charge < -0.3 is 10.6 Å². The van der Waals surface area contributed by atoms with Gasteiger partial charge in [0.05, 0.1) is 12.2 Å². The monoisotopic (exact) mass is 348 g/mol. The van der Waals surface area contributed by atoms with E-state index in [4.69, 9.17) is 11.6 Å². The number of carbonyl (C=O) groups excluding carboxylic acids is 1. The predicted molar refractivity (Wildman–Crippen MR) is 97.1 cm³/mol. The summed E-state index contributed by atoms with van der Waals surface area (Å²) in [5.74, 6) is 0.0113. The summed E-state index contributed by atoms with van der Waals surface area (Å²) in [6.45, 7) is 7.32. The molecular weight excluding hydrogens is 324 g/mol. The summed E-state index contributed by atoms with van der Waals surface area (Å²) >= 11 is 6.08. The Morgan fingerprint density at radius 3 is 2.75 bits per heavy atom. The molecule has 6 heteroatoms. The van der Waals surface area contributed by atoms with Gasteiger partial charge in [0.2, 0.25) is 5.91 Å². The molecular formula is C18H25ClN4O. The lowest BCUT2D eigenvalue weighted by atomic mass is 10.1. The molecule has 130 valence electrons. The minimum absolute atomic E-state index is 0.0113. The lowest BCUT2D eigenvalue weighted by Gasteiger charge is -2.21. The number of nitrogens with zero attached hydrogens (tertiary/aromatic N) is 2. The van der Waals surface area contributed by atoms with Crippen molar-refractivity contribution in [2.45, 2.75) is 45.8 Å². The highest BCUT2D eigenvalue weighted by atomic mass is 35.5. The molecule has 0 unspecified atom stereocenters. The highest BCUT2D eigenvalue weighted by Crippen LogP contribution is 2.14. The second kappa shape index (κ2) is 8.85. The van der Waals surface area contributed by atoms with Crippen molar-refractivity contribution in [1.29, 1.82) is 0 Å². The minimum Gasteiger partial charge on any atom is -0.352 e. The molecule has 0 aliphatic heterocycles. The van der Waals surface area contributed by atoms with Crippen LogP contribution < -0.4 is 10.6 Å². The molecule has 0 spiro atoms. The van der Waals surface area contributed by atoms with Crippen LogP contribution >= 0.6 is 11.6 Å². The van der Waals surface area contributed by atoms with Crippen molar-refractivity contribution in [3.05, 3.63) is 52.8 Å². The molecule has 5 nitrogen and oxygen atoms in total. The van der Waals surface area contributed by atoms with Crippen molar-refractivity contribution in [2.24, 2.45) is 0 Å². The zero-order valence-corrected chi connectivity index (χ0v) is 15.2. The topological polar surface area (TPSA) is 59.0 Å². The number of halogens is 1. The van der Waals surface area contributed by atoms with Crippen LogP contribution in [0.2, 0.25) is 5.02 Å². The summed E-state index contributed by atoms with van der Waals surface area (Å²) < 4.78 is 1.95. The first-order valence-electron chi connectivity index (χ1n) is 8.21. The van der Waals surface area contributed by atoms with Crippen molar-refractivity contribution in [3.8, 4) is 0 Å². The molecule has 1 aromatic carbocycles. The van der Waals surface area contributed by atoms with Crippen LogP contribution in [0.1, 0.15) is 37.4 Å². The molecule has 2 rings (SSSR count). The molecule has 0 fully saturated rings. The normalized spacial score (nSPS) is 13.5. The standard InChI is InChI=1S/C18H25ClN4O/c1-13-10-22-23(12-13)15(3)14(2)20-9-8-18(24)21-11-16-6-4-5-7-17(16)19/h4-7,10,12,14-15,20H,8-9,11H2,1-3H3,(H,21,24)/t14-,15-/m1/s1. The third-order valence-corrected chi connectivity index (χ3v) is 4.49. The van der Waals surface area contributed by atoms with Crippen LogP contribution in [0.3, 0.4) is 0 Å². The van der Waals surface area contributed by atoms with Crippen molar-refractivity contribution in [1.82, 2.24) is 20.4 Å². The smallest absolute Gasteiger partial charge is 0.221 e. The summed E-state index contributed by atoms with van der Waals surface area (Å²) in [4.78, 5) is 11.9. The molecule has 0 bridgehead atoms. The van der Waals surface area contributed by atoms with Crippen molar-refractivity contribution < 1.29 is 4.79 Å². The van der Waals surface area contributed by atoms with Gasteiger partial charge in [-0.1, -0.05) is 29.8 Å². The first kappa shape index (κ1) is 18.5. The van der Waals surface area contributed by atoms with Gasteiger partial charge in [-0.2, -0.15) is 5.10 Å². The minimum atomic E-state index is 0.0113. The van der Waals surface area contributed by atoms with E-state index < -0.39 is 0 Å². The number of aryl methyl sites for hydroxylation is 1. The van der Waals surface area contributed by atoms with Crippen molar-refractivity contribution in [2.75, 3.05) is 6.54 Å². The average Bonchev–Trinajstić information content (AvgIpc) is 2.99. The summed E-state index contributed by atoms with van der Waals surface area (Å²) in [6, 6.07) is 7.97. The molecule has 1 amide bonds. The van der Waals surface area contributed by atoms with E-state index in [1.807, 2.05) is 48.3 Å². The Bertz CT molecular complexity index is 671. The second-order valence-corrected chi connectivity index (χ2v) is 6.51. The van der Waals surface area contributed by atoms with Crippen LogP contribution in [-0.4, -0.2) is 28.3 Å². The van der Waals surface area contributed by atoms with E-state index in [1.54, 1.807) is 0 Å². The number of hydrogen-bond donors (Lipinski definition) is 2. The molecule has 2 atom stereocenters. The first-order chi connectivity index (χ1) is 11.5. The Balaban J connectivity index is 1.69. The van der Waals surface area contributed by atoms with E-state index >= 15 is 0 Å². The summed E-state index contributed by atoms with van der Waals surface area (Å²) in [5.41, 5.74) is 2.07. The Morgan fingerprint density at radius 2 is 2.08 bits per heavy atom. The average molecular weight is 349 g/mol. The maximum Gasteiger partial charge on any atom is 0.221 e. The predicted octanol–water partition coefficient (Wildman–Crippen LogP) is 3.09. The van der Waals surface area contributed by atoms with Gasteiger partial charge >= 0.3 is 0 Å². The fourth-order valence-corrected chi connectivity index (χ4v) is 2.60. The Hall–Kier alpha value is -1.85. The lowest BCUT2D eigenvalue weighted by molar-refractivity contribution is -0.121. The Labute approximate surface area is 148 Å². The molecule has 1 heterocycles. The van der Waals surface area contributed by atoms with E-state index in [0.29, 0.717) is 24.5 Å². The summed E-state index contributed by atoms with van der Waals surface area (Å²) in [7, 11) is 0. The third-order valence-electron chi connectivity index (χ3n) is 4.12. The van der Waals surface area contributed by atoms with Crippen LogP contribution in [0.25, 0.3) is 0 Å². The van der Waals surface area contributed by atoms with E-state index in [0.717, 1.165) is 11.1 Å². The zero-order valence-electron chi connectivity index (χ0n) is 14.4. The third kappa shape index (κ3) is 5.35. The molecule has 0 aliphatic rings. The lowest BCUT2D eigenvalue weighted by Crippen LogP contribution is -2.36. The van der Waals surface area contributed by atoms with Crippen LogP contribution in [0, 0.1) is 6.92 Å². The Morgan fingerprint density at radius 1 is 1.33 bits per heavy atom. The van der Waals surface area contributed by atoms with E-state index in [1.165, 1.54) is 0 Å². The van der Waals surface area contributed by atoms with Gasteiger partial charge in [-0.15, -0.1) is 0 Å². The molecule has 2 N–H and O–H groups in total. The van der Waals surface area contributed by atoms with Gasteiger partial charge in [-0.3, -0.25) is 9.48 Å². The molecule has 1 aromatic heterocycles. The number of hydrogen-bond acceptors (Lipinski definition) is 3. The number of nitrogens with one attached hydrogen (secondary N) is 2. The quantitative estimate of drug-likeness (QED) is 0.770. The molecule has 2 aromatic rings.